The van der Waals surface area contributed by atoms with Gasteiger partial charge < -0.3 is 15.2 Å². The van der Waals surface area contributed by atoms with Crippen molar-refractivity contribution in [2.75, 3.05) is 13.1 Å². The molecule has 1 saturated heterocycles. The summed E-state index contributed by atoms with van der Waals surface area (Å²) in [5.74, 6) is 0.416. The van der Waals surface area contributed by atoms with Gasteiger partial charge in [-0.3, -0.25) is 4.79 Å². The van der Waals surface area contributed by atoms with E-state index in [9.17, 15) is 4.79 Å². The van der Waals surface area contributed by atoms with E-state index in [0.717, 1.165) is 31.4 Å². The van der Waals surface area contributed by atoms with Gasteiger partial charge in [0, 0.05) is 35.8 Å². The molecule has 124 valence electrons. The smallest absolute Gasteiger partial charge is 0.276 e. The van der Waals surface area contributed by atoms with Crippen LogP contribution in [0.1, 0.15) is 29.8 Å². The van der Waals surface area contributed by atoms with Crippen LogP contribution in [0.15, 0.2) is 34.9 Å². The van der Waals surface area contributed by atoms with Crippen molar-refractivity contribution in [2.24, 2.45) is 5.73 Å². The molecule has 1 unspecified atom stereocenters. The number of nitrogens with two attached hydrogens (primary N) is 1. The number of carbonyl (C=O) groups excluding carboxylic acids is 1. The lowest BCUT2D eigenvalue weighted by Crippen LogP contribution is -2.47. The molecule has 0 aliphatic carbocycles. The lowest BCUT2D eigenvalue weighted by atomic mass is 10.0. The van der Waals surface area contributed by atoms with Crippen LogP contribution in [0.5, 0.6) is 0 Å². The van der Waals surface area contributed by atoms with Crippen molar-refractivity contribution in [3.63, 3.8) is 0 Å². The van der Waals surface area contributed by atoms with Crippen LogP contribution >= 0.6 is 24.0 Å². The summed E-state index contributed by atoms with van der Waals surface area (Å²) in [7, 11) is 0. The molecule has 1 atom stereocenters. The molecule has 1 amide bonds. The third-order valence-electron chi connectivity index (χ3n) is 4.00. The summed E-state index contributed by atoms with van der Waals surface area (Å²) >= 11 is 5.97. The minimum atomic E-state index is -0.118. The summed E-state index contributed by atoms with van der Waals surface area (Å²) in [5.41, 5.74) is 6.88. The third kappa shape index (κ3) is 3.86. The number of carbonyl (C=O) groups is 1. The van der Waals surface area contributed by atoms with Crippen LogP contribution in [0.4, 0.5) is 0 Å². The number of benzene rings is 1. The maximum absolute atomic E-state index is 12.6. The van der Waals surface area contributed by atoms with Crippen molar-refractivity contribution in [3.8, 4) is 11.3 Å². The lowest BCUT2D eigenvalue weighted by molar-refractivity contribution is 0.0613. The van der Waals surface area contributed by atoms with Gasteiger partial charge in [-0.2, -0.15) is 0 Å². The number of aromatic nitrogens is 1. The van der Waals surface area contributed by atoms with E-state index in [1.807, 2.05) is 17.0 Å². The number of halogens is 2. The summed E-state index contributed by atoms with van der Waals surface area (Å²) in [4.78, 5) is 14.4. The van der Waals surface area contributed by atoms with Gasteiger partial charge in [0.1, 0.15) is 0 Å². The molecule has 0 radical (unpaired) electrons. The molecule has 0 saturated carbocycles. The first-order chi connectivity index (χ1) is 10.7. The van der Waals surface area contributed by atoms with Crippen molar-refractivity contribution in [3.05, 3.63) is 41.0 Å². The minimum Gasteiger partial charge on any atom is -0.355 e. The van der Waals surface area contributed by atoms with Crippen molar-refractivity contribution in [1.82, 2.24) is 10.1 Å². The molecule has 1 fully saturated rings. The Morgan fingerprint density at radius 2 is 2.22 bits per heavy atom. The maximum atomic E-state index is 12.6. The number of piperidine rings is 1. The van der Waals surface area contributed by atoms with Crippen molar-refractivity contribution in [1.29, 1.82) is 0 Å². The normalized spacial score (nSPS) is 17.7. The Balaban J connectivity index is 0.00000192. The van der Waals surface area contributed by atoms with Gasteiger partial charge in [-0.1, -0.05) is 28.9 Å². The first kappa shape index (κ1) is 17.8. The average Bonchev–Trinajstić information content (AvgIpc) is 3.04. The topological polar surface area (TPSA) is 72.4 Å². The van der Waals surface area contributed by atoms with Crippen LogP contribution < -0.4 is 5.73 Å². The van der Waals surface area contributed by atoms with Crippen molar-refractivity contribution in [2.45, 2.75) is 25.3 Å². The average molecular weight is 356 g/mol. The molecule has 2 N–H and O–H groups in total. The first-order valence-electron chi connectivity index (χ1n) is 7.42. The molecule has 3 rings (SSSR count). The van der Waals surface area contributed by atoms with Crippen LogP contribution in [0.2, 0.25) is 5.02 Å². The molecule has 0 bridgehead atoms. The molecule has 1 aromatic heterocycles. The highest BCUT2D eigenvalue weighted by Crippen LogP contribution is 2.25. The Labute approximate surface area is 146 Å². The van der Waals surface area contributed by atoms with E-state index in [2.05, 4.69) is 5.16 Å². The summed E-state index contributed by atoms with van der Waals surface area (Å²) in [6.45, 7) is 1.20. The van der Waals surface area contributed by atoms with Crippen molar-refractivity contribution < 1.29 is 9.32 Å². The molecule has 2 aromatic rings. The Morgan fingerprint density at radius 3 is 2.96 bits per heavy atom. The standard InChI is InChI=1S/C16H18ClN3O2.ClH/c17-12-5-3-4-11(8-12)15-9-14(19-22-15)16(21)20-7-2-1-6-13(20)10-18;/h3-5,8-9,13H,1-2,6-7,10,18H2;1H. The van der Waals surface area contributed by atoms with Gasteiger partial charge in [0.2, 0.25) is 0 Å². The van der Waals surface area contributed by atoms with Gasteiger partial charge in [-0.15, -0.1) is 12.4 Å². The van der Waals surface area contributed by atoms with E-state index in [4.69, 9.17) is 21.9 Å². The first-order valence-corrected chi connectivity index (χ1v) is 7.80. The molecular formula is C16H19Cl2N3O2. The third-order valence-corrected chi connectivity index (χ3v) is 4.23. The second-order valence-corrected chi connectivity index (χ2v) is 5.91. The Hall–Kier alpha value is -1.56. The highest BCUT2D eigenvalue weighted by molar-refractivity contribution is 6.30. The zero-order valence-corrected chi connectivity index (χ0v) is 14.1. The summed E-state index contributed by atoms with van der Waals surface area (Å²) < 4.78 is 5.30. The fraction of sp³-hybridized carbons (Fsp3) is 0.375. The number of likely N-dealkylation sites (tertiary alicyclic amines) is 1. The lowest BCUT2D eigenvalue weighted by Gasteiger charge is -2.34. The van der Waals surface area contributed by atoms with E-state index in [1.165, 1.54) is 0 Å². The van der Waals surface area contributed by atoms with Gasteiger partial charge in [-0.25, -0.2) is 0 Å². The Kier molecular flexibility index (Phi) is 6.04. The molecule has 1 aliphatic heterocycles. The van der Waals surface area contributed by atoms with E-state index in [0.29, 0.717) is 23.0 Å². The Bertz CT molecular complexity index is 675. The zero-order chi connectivity index (χ0) is 15.5. The minimum absolute atomic E-state index is 0. The SMILES string of the molecule is Cl.NCC1CCCCN1C(=O)c1cc(-c2cccc(Cl)c2)on1. The highest BCUT2D eigenvalue weighted by atomic mass is 35.5. The van der Waals surface area contributed by atoms with E-state index in [-0.39, 0.29) is 24.4 Å². The second-order valence-electron chi connectivity index (χ2n) is 5.47. The fourth-order valence-corrected chi connectivity index (χ4v) is 3.00. The molecule has 5 nitrogen and oxygen atoms in total. The predicted octanol–water partition coefficient (Wildman–Crippen LogP) is 3.37. The van der Waals surface area contributed by atoms with E-state index >= 15 is 0 Å². The molecule has 0 spiro atoms. The molecular weight excluding hydrogens is 337 g/mol. The van der Waals surface area contributed by atoms with E-state index < -0.39 is 0 Å². The fourth-order valence-electron chi connectivity index (χ4n) is 2.81. The van der Waals surface area contributed by atoms with Gasteiger partial charge in [0.05, 0.1) is 0 Å². The molecule has 1 aliphatic rings. The molecule has 7 heteroatoms. The van der Waals surface area contributed by atoms with Gasteiger partial charge in [0.25, 0.3) is 5.91 Å². The number of hydrogen-bond acceptors (Lipinski definition) is 4. The molecule has 1 aromatic carbocycles. The van der Waals surface area contributed by atoms with E-state index in [1.54, 1.807) is 18.2 Å². The Morgan fingerprint density at radius 1 is 1.39 bits per heavy atom. The maximum Gasteiger partial charge on any atom is 0.276 e. The van der Waals surface area contributed by atoms with Crippen LogP contribution in [-0.4, -0.2) is 35.1 Å². The largest absolute Gasteiger partial charge is 0.355 e. The zero-order valence-electron chi connectivity index (χ0n) is 12.6. The quantitative estimate of drug-likeness (QED) is 0.915. The van der Waals surface area contributed by atoms with Crippen LogP contribution in [0.25, 0.3) is 11.3 Å². The number of amides is 1. The summed E-state index contributed by atoms with van der Waals surface area (Å²) in [6.07, 6.45) is 3.06. The van der Waals surface area contributed by atoms with Crippen LogP contribution in [0.3, 0.4) is 0 Å². The number of rotatable bonds is 3. The second kappa shape index (κ2) is 7.81. The van der Waals surface area contributed by atoms with Crippen LogP contribution in [0, 0.1) is 0 Å². The predicted molar refractivity (Wildman–Crippen MR) is 91.9 cm³/mol. The van der Waals surface area contributed by atoms with Gasteiger partial charge in [-0.05, 0) is 31.4 Å². The van der Waals surface area contributed by atoms with Gasteiger partial charge in [0.15, 0.2) is 11.5 Å². The molecule has 23 heavy (non-hydrogen) atoms. The number of hydrogen-bond donors (Lipinski definition) is 1. The summed E-state index contributed by atoms with van der Waals surface area (Å²) in [5, 5.41) is 4.53. The van der Waals surface area contributed by atoms with Gasteiger partial charge >= 0.3 is 0 Å². The summed E-state index contributed by atoms with van der Waals surface area (Å²) in [6, 6.07) is 9.01. The highest BCUT2D eigenvalue weighted by Gasteiger charge is 2.28. The number of nitrogens with zero attached hydrogens (tertiary/aromatic N) is 2. The monoisotopic (exact) mass is 355 g/mol. The van der Waals surface area contributed by atoms with Crippen molar-refractivity contribution >= 4 is 29.9 Å². The van der Waals surface area contributed by atoms with Crippen LogP contribution in [-0.2, 0) is 0 Å². The molecule has 2 heterocycles.